The Balaban J connectivity index is 1.97. The van der Waals surface area contributed by atoms with Crippen molar-refractivity contribution in [1.29, 1.82) is 0 Å². The number of rotatable bonds is 9. The van der Waals surface area contributed by atoms with Crippen molar-refractivity contribution in [3.8, 4) is 11.5 Å². The van der Waals surface area contributed by atoms with E-state index in [2.05, 4.69) is 13.8 Å². The van der Waals surface area contributed by atoms with Gasteiger partial charge in [0.2, 0.25) is 5.91 Å². The molecule has 0 atom stereocenters. The van der Waals surface area contributed by atoms with E-state index in [1.54, 1.807) is 31.2 Å². The monoisotopic (exact) mass is 367 g/mol. The quantitative estimate of drug-likeness (QED) is 0.598. The van der Waals surface area contributed by atoms with Crippen molar-refractivity contribution < 1.29 is 14.3 Å². The van der Waals surface area contributed by atoms with E-state index in [0.29, 0.717) is 24.8 Å². The number of carbonyl (C=O) groups is 1. The summed E-state index contributed by atoms with van der Waals surface area (Å²) in [5.41, 5.74) is 2.00. The zero-order valence-corrected chi connectivity index (χ0v) is 16.6. The van der Waals surface area contributed by atoms with Gasteiger partial charge in [0, 0.05) is 19.7 Å². The van der Waals surface area contributed by atoms with Crippen molar-refractivity contribution in [1.82, 2.24) is 4.90 Å². The summed E-state index contributed by atoms with van der Waals surface area (Å²) in [5, 5.41) is 0. The number of benzene rings is 2. The molecule has 1 amide bonds. The molecule has 144 valence electrons. The Morgan fingerprint density at radius 1 is 1.11 bits per heavy atom. The maximum Gasteiger partial charge on any atom is 0.246 e. The van der Waals surface area contributed by atoms with Crippen LogP contribution in [0.2, 0.25) is 0 Å². The first-order valence-corrected chi connectivity index (χ1v) is 9.27. The Morgan fingerprint density at radius 2 is 1.85 bits per heavy atom. The number of hydrogen-bond acceptors (Lipinski definition) is 3. The highest BCUT2D eigenvalue weighted by atomic mass is 16.5. The minimum Gasteiger partial charge on any atom is -0.493 e. The van der Waals surface area contributed by atoms with Crippen molar-refractivity contribution >= 4 is 12.0 Å². The minimum absolute atomic E-state index is 0.0462. The third-order valence-electron chi connectivity index (χ3n) is 4.20. The third-order valence-corrected chi connectivity index (χ3v) is 4.20. The fraction of sp³-hybridized carbons (Fsp3) is 0.348. The lowest BCUT2D eigenvalue weighted by atomic mass is 10.1. The molecule has 0 fully saturated rings. The van der Waals surface area contributed by atoms with Gasteiger partial charge in [-0.3, -0.25) is 4.79 Å². The van der Waals surface area contributed by atoms with Gasteiger partial charge in [0.05, 0.1) is 13.7 Å². The van der Waals surface area contributed by atoms with Gasteiger partial charge >= 0.3 is 0 Å². The van der Waals surface area contributed by atoms with E-state index in [1.807, 2.05) is 48.5 Å². The summed E-state index contributed by atoms with van der Waals surface area (Å²) in [5.74, 6) is 1.95. The highest BCUT2D eigenvalue weighted by Gasteiger charge is 2.08. The van der Waals surface area contributed by atoms with Gasteiger partial charge in [0.1, 0.15) is 0 Å². The summed E-state index contributed by atoms with van der Waals surface area (Å²) in [6, 6.07) is 15.6. The van der Waals surface area contributed by atoms with Crippen LogP contribution in [0.15, 0.2) is 54.6 Å². The van der Waals surface area contributed by atoms with E-state index in [4.69, 9.17) is 9.47 Å². The number of methoxy groups -OCH3 is 1. The average molecular weight is 367 g/mol. The number of carbonyl (C=O) groups excluding carboxylic acids is 1. The van der Waals surface area contributed by atoms with E-state index >= 15 is 0 Å². The summed E-state index contributed by atoms with van der Waals surface area (Å²) < 4.78 is 11.2. The molecule has 0 aliphatic carbocycles. The van der Waals surface area contributed by atoms with Gasteiger partial charge < -0.3 is 14.4 Å². The molecule has 2 aromatic carbocycles. The lowest BCUT2D eigenvalue weighted by Gasteiger charge is -2.15. The molecule has 0 radical (unpaired) electrons. The van der Waals surface area contributed by atoms with Crippen LogP contribution in [0.5, 0.6) is 11.5 Å². The average Bonchev–Trinajstić information content (AvgIpc) is 2.67. The maximum absolute atomic E-state index is 12.3. The molecule has 0 saturated heterocycles. The summed E-state index contributed by atoms with van der Waals surface area (Å²) >= 11 is 0. The van der Waals surface area contributed by atoms with Crippen molar-refractivity contribution in [3.63, 3.8) is 0 Å². The summed E-state index contributed by atoms with van der Waals surface area (Å²) in [7, 11) is 3.42. The smallest absolute Gasteiger partial charge is 0.246 e. The molecular formula is C23H29NO3. The SMILES string of the molecule is COc1cc(/C=C/C(=O)N(C)Cc2ccccc2)ccc1OCCC(C)C. The highest BCUT2D eigenvalue weighted by molar-refractivity contribution is 5.91. The Kier molecular flexibility index (Phi) is 7.93. The van der Waals surface area contributed by atoms with E-state index in [1.165, 1.54) is 0 Å². The second kappa shape index (κ2) is 10.4. The zero-order chi connectivity index (χ0) is 19.6. The molecule has 0 aromatic heterocycles. The van der Waals surface area contributed by atoms with Crippen molar-refractivity contribution in [3.05, 3.63) is 65.7 Å². The molecule has 4 nitrogen and oxygen atoms in total. The van der Waals surface area contributed by atoms with Crippen LogP contribution < -0.4 is 9.47 Å². The van der Waals surface area contributed by atoms with Crippen LogP contribution in [-0.4, -0.2) is 31.6 Å². The Bertz CT molecular complexity index is 753. The van der Waals surface area contributed by atoms with Gasteiger partial charge in [-0.15, -0.1) is 0 Å². The number of amides is 1. The minimum atomic E-state index is -0.0462. The molecule has 0 bridgehead atoms. The first-order valence-electron chi connectivity index (χ1n) is 9.27. The number of hydrogen-bond donors (Lipinski definition) is 0. The van der Waals surface area contributed by atoms with Gasteiger partial charge in [0.15, 0.2) is 11.5 Å². The van der Waals surface area contributed by atoms with Crippen LogP contribution in [0, 0.1) is 5.92 Å². The summed E-state index contributed by atoms with van der Waals surface area (Å²) in [6.45, 7) is 5.57. The van der Waals surface area contributed by atoms with Gasteiger partial charge in [-0.25, -0.2) is 0 Å². The molecule has 4 heteroatoms. The lowest BCUT2D eigenvalue weighted by molar-refractivity contribution is -0.125. The molecular weight excluding hydrogens is 338 g/mol. The summed E-state index contributed by atoms with van der Waals surface area (Å²) in [6.07, 6.45) is 4.37. The second-order valence-corrected chi connectivity index (χ2v) is 6.95. The van der Waals surface area contributed by atoms with Crippen molar-refractivity contribution in [2.24, 2.45) is 5.92 Å². The van der Waals surface area contributed by atoms with Gasteiger partial charge in [0.25, 0.3) is 0 Å². The largest absolute Gasteiger partial charge is 0.493 e. The van der Waals surface area contributed by atoms with Crippen molar-refractivity contribution in [2.75, 3.05) is 20.8 Å². The first-order chi connectivity index (χ1) is 13.0. The predicted octanol–water partition coefficient (Wildman–Crippen LogP) is 4.79. The van der Waals surface area contributed by atoms with Gasteiger partial charge in [-0.2, -0.15) is 0 Å². The van der Waals surface area contributed by atoms with E-state index in [-0.39, 0.29) is 5.91 Å². The van der Waals surface area contributed by atoms with E-state index < -0.39 is 0 Å². The number of nitrogens with zero attached hydrogens (tertiary/aromatic N) is 1. The molecule has 0 saturated carbocycles. The van der Waals surface area contributed by atoms with Crippen LogP contribution in [0.3, 0.4) is 0 Å². The molecule has 0 N–H and O–H groups in total. The molecule has 2 aromatic rings. The third kappa shape index (κ3) is 6.81. The predicted molar refractivity (Wildman–Crippen MR) is 110 cm³/mol. The van der Waals surface area contributed by atoms with Crippen LogP contribution in [0.4, 0.5) is 0 Å². The molecule has 0 spiro atoms. The maximum atomic E-state index is 12.3. The normalized spacial score (nSPS) is 11.0. The second-order valence-electron chi connectivity index (χ2n) is 6.95. The number of ether oxygens (including phenoxy) is 2. The number of likely N-dealkylation sites (N-methyl/N-ethyl adjacent to an activating group) is 1. The van der Waals surface area contributed by atoms with E-state index in [9.17, 15) is 4.79 Å². The highest BCUT2D eigenvalue weighted by Crippen LogP contribution is 2.29. The van der Waals surface area contributed by atoms with Crippen LogP contribution in [-0.2, 0) is 11.3 Å². The topological polar surface area (TPSA) is 38.8 Å². The molecule has 0 heterocycles. The molecule has 2 rings (SSSR count). The van der Waals surface area contributed by atoms with Gasteiger partial charge in [-0.1, -0.05) is 50.2 Å². The van der Waals surface area contributed by atoms with Gasteiger partial charge in [-0.05, 0) is 41.7 Å². The molecule has 0 unspecified atom stereocenters. The zero-order valence-electron chi connectivity index (χ0n) is 16.6. The first kappa shape index (κ1) is 20.6. The molecule has 0 aliphatic heterocycles. The fourth-order valence-electron chi connectivity index (χ4n) is 2.54. The Hall–Kier alpha value is -2.75. The molecule has 0 aliphatic rings. The standard InChI is InChI=1S/C23H29NO3/c1-18(2)14-15-27-21-12-10-19(16-22(21)26-4)11-13-23(25)24(3)17-20-8-6-5-7-9-20/h5-13,16,18H,14-15,17H2,1-4H3/b13-11+. The Morgan fingerprint density at radius 3 is 2.52 bits per heavy atom. The van der Waals surface area contributed by atoms with Crippen molar-refractivity contribution in [2.45, 2.75) is 26.8 Å². The van der Waals surface area contributed by atoms with Crippen LogP contribution in [0.25, 0.3) is 6.08 Å². The van der Waals surface area contributed by atoms with Crippen LogP contribution >= 0.6 is 0 Å². The lowest BCUT2D eigenvalue weighted by Crippen LogP contribution is -2.24. The molecule has 27 heavy (non-hydrogen) atoms. The van der Waals surface area contributed by atoms with Crippen LogP contribution in [0.1, 0.15) is 31.4 Å². The fourth-order valence-corrected chi connectivity index (χ4v) is 2.54. The summed E-state index contributed by atoms with van der Waals surface area (Å²) in [4.78, 5) is 14.0. The van der Waals surface area contributed by atoms with E-state index in [0.717, 1.165) is 23.3 Å². The Labute approximate surface area is 162 Å².